The molecule has 0 radical (unpaired) electrons. The van der Waals surface area contributed by atoms with E-state index in [0.717, 1.165) is 30.5 Å². The molecule has 2 rings (SSSR count). The van der Waals surface area contributed by atoms with Crippen LogP contribution < -0.4 is 0 Å². The molecule has 0 aliphatic rings. The van der Waals surface area contributed by atoms with E-state index < -0.39 is 0 Å². The number of aryl methyl sites for hydroxylation is 2. The third kappa shape index (κ3) is 7.05. The number of rotatable bonds is 12. The smallest absolute Gasteiger partial charge is 0.242 e. The summed E-state index contributed by atoms with van der Waals surface area (Å²) < 4.78 is 2.05. The standard InChI is InChI=1S/C25H37N3O2/c1-5-7-18-27(19-23-14-11-17-26(23)4)25(30)20-28(21(3)6-2)24(29)16-15-22-12-9-8-10-13-22/h8-14,17,21H,5-7,15-16,18-20H2,1-4H3/t21-/m0/s1. The van der Waals surface area contributed by atoms with Crippen LogP contribution in [0.2, 0.25) is 0 Å². The van der Waals surface area contributed by atoms with Gasteiger partial charge >= 0.3 is 0 Å². The van der Waals surface area contributed by atoms with Gasteiger partial charge in [-0.15, -0.1) is 0 Å². The summed E-state index contributed by atoms with van der Waals surface area (Å²) in [4.78, 5) is 29.9. The summed E-state index contributed by atoms with van der Waals surface area (Å²) >= 11 is 0. The zero-order valence-electron chi connectivity index (χ0n) is 19.0. The van der Waals surface area contributed by atoms with Gasteiger partial charge < -0.3 is 14.4 Å². The number of benzene rings is 1. The summed E-state index contributed by atoms with van der Waals surface area (Å²) in [6.07, 6.45) is 5.94. The minimum absolute atomic E-state index is 0.0259. The lowest BCUT2D eigenvalue weighted by molar-refractivity contribution is -0.142. The number of hydrogen-bond acceptors (Lipinski definition) is 2. The molecule has 1 heterocycles. The fraction of sp³-hybridized carbons (Fsp3) is 0.520. The summed E-state index contributed by atoms with van der Waals surface area (Å²) in [6, 6.07) is 14.1. The molecule has 2 aromatic rings. The summed E-state index contributed by atoms with van der Waals surface area (Å²) in [5, 5.41) is 0. The van der Waals surface area contributed by atoms with Gasteiger partial charge in [0.2, 0.25) is 11.8 Å². The van der Waals surface area contributed by atoms with Crippen LogP contribution in [0.15, 0.2) is 48.7 Å². The van der Waals surface area contributed by atoms with E-state index in [9.17, 15) is 9.59 Å². The van der Waals surface area contributed by atoms with E-state index >= 15 is 0 Å². The lowest BCUT2D eigenvalue weighted by Gasteiger charge is -2.31. The molecule has 2 amide bonds. The Bertz CT molecular complexity index is 785. The van der Waals surface area contributed by atoms with E-state index in [2.05, 4.69) is 13.8 Å². The number of carbonyl (C=O) groups is 2. The van der Waals surface area contributed by atoms with Crippen LogP contribution in [0.25, 0.3) is 0 Å². The monoisotopic (exact) mass is 411 g/mol. The Morgan fingerprint density at radius 2 is 1.77 bits per heavy atom. The van der Waals surface area contributed by atoms with Crippen LogP contribution in [0.3, 0.4) is 0 Å². The first-order valence-corrected chi connectivity index (χ1v) is 11.2. The minimum Gasteiger partial charge on any atom is -0.353 e. The van der Waals surface area contributed by atoms with Crippen LogP contribution in [-0.4, -0.2) is 45.3 Å². The van der Waals surface area contributed by atoms with E-state index in [0.29, 0.717) is 25.9 Å². The molecule has 1 atom stereocenters. The Kier molecular flexibility index (Phi) is 9.65. The van der Waals surface area contributed by atoms with Gasteiger partial charge in [0.15, 0.2) is 0 Å². The molecule has 0 fully saturated rings. The summed E-state index contributed by atoms with van der Waals surface area (Å²) in [7, 11) is 2.00. The van der Waals surface area contributed by atoms with Crippen molar-refractivity contribution in [1.82, 2.24) is 14.4 Å². The van der Waals surface area contributed by atoms with E-state index in [1.807, 2.05) is 72.1 Å². The molecular weight excluding hydrogens is 374 g/mol. The average Bonchev–Trinajstić information content (AvgIpc) is 3.17. The van der Waals surface area contributed by atoms with Crippen molar-refractivity contribution in [1.29, 1.82) is 0 Å². The lowest BCUT2D eigenvalue weighted by Crippen LogP contribution is -2.46. The largest absolute Gasteiger partial charge is 0.353 e. The summed E-state index contributed by atoms with van der Waals surface area (Å²) in [5.74, 6) is 0.0777. The molecule has 30 heavy (non-hydrogen) atoms. The van der Waals surface area contributed by atoms with Crippen molar-refractivity contribution in [3.63, 3.8) is 0 Å². The van der Waals surface area contributed by atoms with Crippen molar-refractivity contribution in [3.05, 3.63) is 59.9 Å². The van der Waals surface area contributed by atoms with Gasteiger partial charge in [0.25, 0.3) is 0 Å². The van der Waals surface area contributed by atoms with Crippen molar-refractivity contribution in [2.24, 2.45) is 7.05 Å². The summed E-state index contributed by atoms with van der Waals surface area (Å²) in [5.41, 5.74) is 2.25. The molecule has 0 bridgehead atoms. The number of carbonyl (C=O) groups excluding carboxylic acids is 2. The molecule has 0 unspecified atom stereocenters. The Morgan fingerprint density at radius 3 is 2.37 bits per heavy atom. The van der Waals surface area contributed by atoms with Gasteiger partial charge in [-0.2, -0.15) is 0 Å². The Hall–Kier alpha value is -2.56. The SMILES string of the molecule is CCCCN(Cc1cccn1C)C(=O)CN(C(=O)CCc1ccccc1)[C@@H](C)CC. The highest BCUT2D eigenvalue weighted by atomic mass is 16.2. The molecule has 1 aromatic heterocycles. The van der Waals surface area contributed by atoms with Crippen LogP contribution in [0.1, 0.15) is 57.7 Å². The van der Waals surface area contributed by atoms with Gasteiger partial charge in [-0.05, 0) is 43.9 Å². The second-order valence-corrected chi connectivity index (χ2v) is 8.04. The number of amides is 2. The topological polar surface area (TPSA) is 45.6 Å². The highest BCUT2D eigenvalue weighted by Crippen LogP contribution is 2.13. The first-order valence-electron chi connectivity index (χ1n) is 11.2. The molecule has 0 saturated carbocycles. The quantitative estimate of drug-likeness (QED) is 0.519. The highest BCUT2D eigenvalue weighted by Gasteiger charge is 2.24. The Balaban J connectivity index is 2.06. The fourth-order valence-corrected chi connectivity index (χ4v) is 3.49. The first kappa shape index (κ1) is 23.7. The zero-order chi connectivity index (χ0) is 21.9. The third-order valence-electron chi connectivity index (χ3n) is 5.76. The van der Waals surface area contributed by atoms with E-state index in [1.54, 1.807) is 4.90 Å². The molecule has 0 N–H and O–H groups in total. The van der Waals surface area contributed by atoms with Crippen molar-refractivity contribution < 1.29 is 9.59 Å². The van der Waals surface area contributed by atoms with E-state index in [4.69, 9.17) is 0 Å². The normalized spacial score (nSPS) is 11.9. The van der Waals surface area contributed by atoms with Crippen molar-refractivity contribution in [3.8, 4) is 0 Å². The Morgan fingerprint density at radius 1 is 1.03 bits per heavy atom. The number of nitrogens with zero attached hydrogens (tertiary/aromatic N) is 3. The molecule has 1 aromatic carbocycles. The van der Waals surface area contributed by atoms with E-state index in [1.165, 1.54) is 0 Å². The van der Waals surface area contributed by atoms with Crippen molar-refractivity contribution in [2.45, 2.75) is 65.5 Å². The molecule has 5 heteroatoms. The van der Waals surface area contributed by atoms with E-state index in [-0.39, 0.29) is 24.4 Å². The molecular formula is C25H37N3O2. The first-order chi connectivity index (χ1) is 14.5. The molecule has 0 saturated heterocycles. The third-order valence-corrected chi connectivity index (χ3v) is 5.76. The second kappa shape index (κ2) is 12.2. The van der Waals surface area contributed by atoms with Gasteiger partial charge in [0.1, 0.15) is 0 Å². The predicted octanol–water partition coefficient (Wildman–Crippen LogP) is 4.41. The van der Waals surface area contributed by atoms with Gasteiger partial charge in [0, 0.05) is 37.9 Å². The van der Waals surface area contributed by atoms with Crippen LogP contribution in [0.5, 0.6) is 0 Å². The zero-order valence-corrected chi connectivity index (χ0v) is 19.0. The molecule has 0 aliphatic heterocycles. The average molecular weight is 412 g/mol. The van der Waals surface area contributed by atoms with Gasteiger partial charge in [0.05, 0.1) is 13.1 Å². The maximum absolute atomic E-state index is 13.2. The molecule has 5 nitrogen and oxygen atoms in total. The van der Waals surface area contributed by atoms with Gasteiger partial charge in [-0.25, -0.2) is 0 Å². The van der Waals surface area contributed by atoms with Crippen LogP contribution >= 0.6 is 0 Å². The van der Waals surface area contributed by atoms with Crippen molar-refractivity contribution >= 4 is 11.8 Å². The number of hydrogen-bond donors (Lipinski definition) is 0. The predicted molar refractivity (Wildman–Crippen MR) is 122 cm³/mol. The van der Waals surface area contributed by atoms with Crippen LogP contribution in [-0.2, 0) is 29.6 Å². The molecule has 0 aliphatic carbocycles. The molecule has 0 spiro atoms. The number of unbranched alkanes of at least 4 members (excludes halogenated alkanes) is 1. The maximum Gasteiger partial charge on any atom is 0.242 e. The highest BCUT2D eigenvalue weighted by molar-refractivity contribution is 5.85. The molecule has 164 valence electrons. The van der Waals surface area contributed by atoms with Gasteiger partial charge in [-0.3, -0.25) is 9.59 Å². The van der Waals surface area contributed by atoms with Crippen molar-refractivity contribution in [2.75, 3.05) is 13.1 Å². The minimum atomic E-state index is 0.0259. The van der Waals surface area contributed by atoms with Gasteiger partial charge in [-0.1, -0.05) is 50.6 Å². The fourth-order valence-electron chi connectivity index (χ4n) is 3.49. The second-order valence-electron chi connectivity index (χ2n) is 8.04. The number of aromatic nitrogens is 1. The maximum atomic E-state index is 13.2. The summed E-state index contributed by atoms with van der Waals surface area (Å²) in [6.45, 7) is 7.66. The van der Waals surface area contributed by atoms with Crippen LogP contribution in [0.4, 0.5) is 0 Å². The Labute approximate surface area is 181 Å². The van der Waals surface area contributed by atoms with Crippen LogP contribution in [0, 0.1) is 0 Å². The lowest BCUT2D eigenvalue weighted by atomic mass is 10.1.